The normalized spacial score (nSPS) is 10.4. The molecule has 0 amide bonds. The van der Waals surface area contributed by atoms with E-state index in [0.29, 0.717) is 0 Å². The van der Waals surface area contributed by atoms with Crippen molar-refractivity contribution in [2.24, 2.45) is 0 Å². The molecular weight excluding hydrogens is 244 g/mol. The lowest BCUT2D eigenvalue weighted by atomic mass is 10.2. The highest BCUT2D eigenvalue weighted by Crippen LogP contribution is 2.23. The highest BCUT2D eigenvalue weighted by molar-refractivity contribution is 9.10. The van der Waals surface area contributed by atoms with Gasteiger partial charge in [0.25, 0.3) is 0 Å². The van der Waals surface area contributed by atoms with Crippen LogP contribution in [0.1, 0.15) is 5.56 Å². The van der Waals surface area contributed by atoms with Gasteiger partial charge >= 0.3 is 5.69 Å². The topological polar surface area (TPSA) is 37.8 Å². The molecule has 0 atom stereocenters. The lowest BCUT2D eigenvalue weighted by molar-refractivity contribution is 0.978. The first kappa shape index (κ1) is 9.27. The van der Waals surface area contributed by atoms with Gasteiger partial charge < -0.3 is 4.98 Å². The SMILES string of the molecule is Cc1cccc(-n2cc[nH]c2=O)c1Br. The number of benzene rings is 1. The van der Waals surface area contributed by atoms with Crippen LogP contribution in [0.5, 0.6) is 0 Å². The zero-order valence-corrected chi connectivity index (χ0v) is 9.21. The van der Waals surface area contributed by atoms with Crippen molar-refractivity contribution in [3.8, 4) is 5.69 Å². The second-order valence-corrected chi connectivity index (χ2v) is 3.84. The summed E-state index contributed by atoms with van der Waals surface area (Å²) in [6.45, 7) is 1.99. The summed E-state index contributed by atoms with van der Waals surface area (Å²) < 4.78 is 2.51. The molecule has 0 saturated heterocycles. The molecule has 3 nitrogen and oxygen atoms in total. The number of halogens is 1. The second kappa shape index (κ2) is 3.46. The molecule has 2 aromatic rings. The van der Waals surface area contributed by atoms with Gasteiger partial charge in [-0.2, -0.15) is 0 Å². The molecule has 1 aromatic carbocycles. The molecule has 72 valence electrons. The number of nitrogens with one attached hydrogen (secondary N) is 1. The smallest absolute Gasteiger partial charge is 0.312 e. The van der Waals surface area contributed by atoms with Crippen LogP contribution in [0.25, 0.3) is 5.69 Å². The van der Waals surface area contributed by atoms with E-state index in [-0.39, 0.29) is 5.69 Å². The standard InChI is InChI=1S/C10H9BrN2O/c1-7-3-2-4-8(9(7)11)13-6-5-12-10(13)14/h2-6H,1H3,(H,12,14). The first-order valence-corrected chi connectivity index (χ1v) is 5.01. The van der Waals surface area contributed by atoms with E-state index >= 15 is 0 Å². The molecule has 0 aliphatic carbocycles. The van der Waals surface area contributed by atoms with E-state index < -0.39 is 0 Å². The third-order valence-corrected chi connectivity index (χ3v) is 3.11. The molecule has 2 rings (SSSR count). The van der Waals surface area contributed by atoms with Crippen molar-refractivity contribution in [1.29, 1.82) is 0 Å². The largest absolute Gasteiger partial charge is 0.330 e. The molecule has 0 bridgehead atoms. The van der Waals surface area contributed by atoms with Crippen molar-refractivity contribution < 1.29 is 0 Å². The van der Waals surface area contributed by atoms with Gasteiger partial charge in [0, 0.05) is 16.9 Å². The van der Waals surface area contributed by atoms with E-state index in [0.717, 1.165) is 15.7 Å². The van der Waals surface area contributed by atoms with Crippen molar-refractivity contribution in [3.63, 3.8) is 0 Å². The van der Waals surface area contributed by atoms with Gasteiger partial charge in [0.2, 0.25) is 0 Å². The van der Waals surface area contributed by atoms with Gasteiger partial charge in [-0.15, -0.1) is 0 Å². The predicted molar refractivity (Wildman–Crippen MR) is 58.8 cm³/mol. The van der Waals surface area contributed by atoms with Gasteiger partial charge in [-0.3, -0.25) is 4.57 Å². The number of aryl methyl sites for hydroxylation is 1. The molecular formula is C10H9BrN2O. The number of nitrogens with zero attached hydrogens (tertiary/aromatic N) is 1. The Balaban J connectivity index is 2.69. The number of imidazole rings is 1. The minimum Gasteiger partial charge on any atom is -0.312 e. The van der Waals surface area contributed by atoms with Gasteiger partial charge in [0.15, 0.2) is 0 Å². The summed E-state index contributed by atoms with van der Waals surface area (Å²) in [5.41, 5.74) is 1.84. The van der Waals surface area contributed by atoms with Gasteiger partial charge in [-0.05, 0) is 34.5 Å². The predicted octanol–water partition coefficient (Wildman–Crippen LogP) is 2.24. The Hall–Kier alpha value is -1.29. The highest BCUT2D eigenvalue weighted by Gasteiger charge is 2.05. The Morgan fingerprint density at radius 3 is 2.86 bits per heavy atom. The Labute approximate surface area is 89.5 Å². The van der Waals surface area contributed by atoms with Crippen LogP contribution >= 0.6 is 15.9 Å². The first-order chi connectivity index (χ1) is 6.70. The van der Waals surface area contributed by atoms with E-state index in [1.807, 2.05) is 25.1 Å². The van der Waals surface area contributed by atoms with Crippen LogP contribution in [0.4, 0.5) is 0 Å². The number of aromatic nitrogens is 2. The van der Waals surface area contributed by atoms with E-state index in [2.05, 4.69) is 20.9 Å². The molecule has 0 fully saturated rings. The van der Waals surface area contributed by atoms with Crippen molar-refractivity contribution in [3.05, 3.63) is 51.1 Å². The van der Waals surface area contributed by atoms with Gasteiger partial charge in [-0.25, -0.2) is 4.79 Å². The number of H-pyrrole nitrogens is 1. The molecule has 4 heteroatoms. The molecule has 1 heterocycles. The average Bonchev–Trinajstić information content (AvgIpc) is 2.57. The fraction of sp³-hybridized carbons (Fsp3) is 0.100. The monoisotopic (exact) mass is 252 g/mol. The quantitative estimate of drug-likeness (QED) is 0.831. The third kappa shape index (κ3) is 1.42. The molecule has 0 aliphatic heterocycles. The van der Waals surface area contributed by atoms with Crippen molar-refractivity contribution >= 4 is 15.9 Å². The maximum atomic E-state index is 11.4. The molecule has 0 aliphatic rings. The fourth-order valence-electron chi connectivity index (χ4n) is 1.33. The van der Waals surface area contributed by atoms with Crippen molar-refractivity contribution in [1.82, 2.24) is 9.55 Å². The van der Waals surface area contributed by atoms with Crippen LogP contribution in [0, 0.1) is 6.92 Å². The van der Waals surface area contributed by atoms with Gasteiger partial charge in [0.1, 0.15) is 0 Å². The second-order valence-electron chi connectivity index (χ2n) is 3.04. The van der Waals surface area contributed by atoms with Crippen LogP contribution < -0.4 is 5.69 Å². The Morgan fingerprint density at radius 2 is 2.21 bits per heavy atom. The number of hydrogen-bond donors (Lipinski definition) is 1. The van der Waals surface area contributed by atoms with Crippen LogP contribution in [-0.4, -0.2) is 9.55 Å². The van der Waals surface area contributed by atoms with E-state index in [4.69, 9.17) is 0 Å². The molecule has 1 aromatic heterocycles. The zero-order chi connectivity index (χ0) is 10.1. The van der Waals surface area contributed by atoms with Crippen LogP contribution in [0.3, 0.4) is 0 Å². The minimum atomic E-state index is -0.128. The van der Waals surface area contributed by atoms with E-state index in [1.54, 1.807) is 17.0 Å². The Kier molecular flexibility index (Phi) is 2.29. The highest BCUT2D eigenvalue weighted by atomic mass is 79.9. The molecule has 0 saturated carbocycles. The number of hydrogen-bond acceptors (Lipinski definition) is 1. The summed E-state index contributed by atoms with van der Waals surface area (Å²) in [4.78, 5) is 14.0. The maximum Gasteiger partial charge on any atom is 0.330 e. The summed E-state index contributed by atoms with van der Waals surface area (Å²) in [7, 11) is 0. The van der Waals surface area contributed by atoms with Crippen LogP contribution in [-0.2, 0) is 0 Å². The summed E-state index contributed by atoms with van der Waals surface area (Å²) in [6.07, 6.45) is 3.33. The van der Waals surface area contributed by atoms with E-state index in [9.17, 15) is 4.79 Å². The van der Waals surface area contributed by atoms with Crippen molar-refractivity contribution in [2.45, 2.75) is 6.92 Å². The van der Waals surface area contributed by atoms with Gasteiger partial charge in [0.05, 0.1) is 5.69 Å². The Morgan fingerprint density at radius 1 is 1.43 bits per heavy atom. The first-order valence-electron chi connectivity index (χ1n) is 4.21. The summed E-state index contributed by atoms with van der Waals surface area (Å²) >= 11 is 3.46. The summed E-state index contributed by atoms with van der Waals surface area (Å²) in [6, 6.07) is 5.81. The Bertz CT molecular complexity index is 513. The third-order valence-electron chi connectivity index (χ3n) is 2.08. The zero-order valence-electron chi connectivity index (χ0n) is 7.62. The van der Waals surface area contributed by atoms with E-state index in [1.165, 1.54) is 0 Å². The van der Waals surface area contributed by atoms with Crippen LogP contribution in [0.15, 0.2) is 39.9 Å². The molecule has 0 unspecified atom stereocenters. The van der Waals surface area contributed by atoms with Crippen LogP contribution in [0.2, 0.25) is 0 Å². The number of aromatic amines is 1. The van der Waals surface area contributed by atoms with Crippen molar-refractivity contribution in [2.75, 3.05) is 0 Å². The maximum absolute atomic E-state index is 11.4. The fourth-order valence-corrected chi connectivity index (χ4v) is 1.78. The molecule has 14 heavy (non-hydrogen) atoms. The molecule has 0 radical (unpaired) electrons. The van der Waals surface area contributed by atoms with Gasteiger partial charge in [-0.1, -0.05) is 12.1 Å². The lowest BCUT2D eigenvalue weighted by Gasteiger charge is -2.06. The minimum absolute atomic E-state index is 0.128. The summed E-state index contributed by atoms with van der Waals surface area (Å²) in [5.74, 6) is 0. The molecule has 0 spiro atoms. The lowest BCUT2D eigenvalue weighted by Crippen LogP contribution is -2.14. The molecule has 1 N–H and O–H groups in total. The summed E-state index contributed by atoms with van der Waals surface area (Å²) in [5, 5.41) is 0. The number of rotatable bonds is 1. The average molecular weight is 253 g/mol.